The molecule has 0 unspecified atom stereocenters. The first kappa shape index (κ1) is 9.24. The molecule has 0 spiro atoms. The van der Waals surface area contributed by atoms with Gasteiger partial charge in [-0.15, -0.1) is 0 Å². The molecule has 0 atom stereocenters. The molecule has 1 aliphatic rings. The van der Waals surface area contributed by atoms with Crippen LogP contribution in [0.2, 0.25) is 0 Å². The summed E-state index contributed by atoms with van der Waals surface area (Å²) in [6.07, 6.45) is 4.34. The van der Waals surface area contributed by atoms with Crippen LogP contribution in [-0.2, 0) is 0 Å². The molecule has 1 N–H and O–H groups in total. The maximum atomic E-state index is 4.45. The van der Waals surface area contributed by atoms with E-state index >= 15 is 0 Å². The average Bonchev–Trinajstić information content (AvgIpc) is 2.71. The third kappa shape index (κ3) is 1.95. The Labute approximate surface area is 84.4 Å². The van der Waals surface area contributed by atoms with Crippen LogP contribution >= 0.6 is 0 Å². The van der Waals surface area contributed by atoms with E-state index in [1.54, 1.807) is 0 Å². The van der Waals surface area contributed by atoms with Crippen LogP contribution in [0.4, 0.5) is 11.8 Å². The number of rotatable bonds is 3. The fourth-order valence-corrected chi connectivity index (χ4v) is 1.70. The first-order valence-electron chi connectivity index (χ1n) is 5.22. The van der Waals surface area contributed by atoms with Crippen molar-refractivity contribution in [2.24, 2.45) is 0 Å². The molecule has 1 aliphatic heterocycles. The molecule has 1 saturated heterocycles. The molecule has 76 valence electrons. The van der Waals surface area contributed by atoms with Gasteiger partial charge in [-0.05, 0) is 25.8 Å². The molecule has 14 heavy (non-hydrogen) atoms. The summed E-state index contributed by atoms with van der Waals surface area (Å²) in [4.78, 5) is 11.0. The third-order valence-electron chi connectivity index (χ3n) is 2.39. The quantitative estimate of drug-likeness (QED) is 0.788. The van der Waals surface area contributed by atoms with Crippen molar-refractivity contribution in [1.29, 1.82) is 0 Å². The minimum atomic E-state index is 0.862. The topological polar surface area (TPSA) is 41.1 Å². The van der Waals surface area contributed by atoms with E-state index in [9.17, 15) is 0 Å². The van der Waals surface area contributed by atoms with Crippen LogP contribution in [0.5, 0.6) is 0 Å². The van der Waals surface area contributed by atoms with Crippen LogP contribution < -0.4 is 10.2 Å². The molecule has 0 saturated carbocycles. The van der Waals surface area contributed by atoms with Crippen LogP contribution in [0.25, 0.3) is 0 Å². The molecule has 1 aromatic rings. The van der Waals surface area contributed by atoms with Gasteiger partial charge in [-0.2, -0.15) is 4.98 Å². The molecule has 1 fully saturated rings. The van der Waals surface area contributed by atoms with Gasteiger partial charge in [0.2, 0.25) is 5.95 Å². The highest BCUT2D eigenvalue weighted by Gasteiger charge is 2.14. The zero-order chi connectivity index (χ0) is 9.80. The minimum absolute atomic E-state index is 0.862. The first-order chi connectivity index (χ1) is 6.90. The molecule has 4 heteroatoms. The molecular formula is C10H16N4. The van der Waals surface area contributed by atoms with E-state index in [1.807, 2.05) is 12.3 Å². The number of nitrogens with zero attached hydrogens (tertiary/aromatic N) is 3. The Kier molecular flexibility index (Phi) is 2.81. The molecule has 0 amide bonds. The lowest BCUT2D eigenvalue weighted by Crippen LogP contribution is -2.20. The summed E-state index contributed by atoms with van der Waals surface area (Å²) in [7, 11) is 0. The van der Waals surface area contributed by atoms with Gasteiger partial charge in [-0.1, -0.05) is 0 Å². The van der Waals surface area contributed by atoms with Crippen molar-refractivity contribution in [1.82, 2.24) is 9.97 Å². The van der Waals surface area contributed by atoms with Gasteiger partial charge in [0.25, 0.3) is 0 Å². The fraction of sp³-hybridized carbons (Fsp3) is 0.600. The summed E-state index contributed by atoms with van der Waals surface area (Å²) in [6.45, 7) is 5.15. The van der Waals surface area contributed by atoms with E-state index in [0.717, 1.165) is 31.4 Å². The van der Waals surface area contributed by atoms with Crippen molar-refractivity contribution in [3.05, 3.63) is 12.3 Å². The van der Waals surface area contributed by atoms with E-state index in [4.69, 9.17) is 0 Å². The maximum absolute atomic E-state index is 4.45. The summed E-state index contributed by atoms with van der Waals surface area (Å²) in [5, 5.41) is 3.19. The summed E-state index contributed by atoms with van der Waals surface area (Å²) in [5.74, 6) is 1.78. The van der Waals surface area contributed by atoms with E-state index in [-0.39, 0.29) is 0 Å². The molecule has 0 aromatic carbocycles. The van der Waals surface area contributed by atoms with Gasteiger partial charge in [0.05, 0.1) is 0 Å². The van der Waals surface area contributed by atoms with Crippen LogP contribution in [-0.4, -0.2) is 29.6 Å². The van der Waals surface area contributed by atoms with Gasteiger partial charge in [-0.25, -0.2) is 4.98 Å². The number of anilines is 2. The van der Waals surface area contributed by atoms with E-state index in [2.05, 4.69) is 27.1 Å². The Hall–Kier alpha value is -1.32. The SMILES string of the molecule is CCNc1ccnc(N2CCCC2)n1. The van der Waals surface area contributed by atoms with Crippen LogP contribution in [0.1, 0.15) is 19.8 Å². The molecule has 2 rings (SSSR count). The van der Waals surface area contributed by atoms with E-state index in [0.29, 0.717) is 0 Å². The van der Waals surface area contributed by atoms with Crippen molar-refractivity contribution < 1.29 is 0 Å². The summed E-state index contributed by atoms with van der Waals surface area (Å²) >= 11 is 0. The highest BCUT2D eigenvalue weighted by atomic mass is 15.3. The van der Waals surface area contributed by atoms with Crippen LogP contribution in [0.15, 0.2) is 12.3 Å². The molecule has 2 heterocycles. The third-order valence-corrected chi connectivity index (χ3v) is 2.39. The zero-order valence-corrected chi connectivity index (χ0v) is 8.53. The Morgan fingerprint density at radius 1 is 1.43 bits per heavy atom. The highest BCUT2D eigenvalue weighted by molar-refractivity contribution is 5.41. The minimum Gasteiger partial charge on any atom is -0.370 e. The molecule has 0 bridgehead atoms. The summed E-state index contributed by atoms with van der Waals surface area (Å²) < 4.78 is 0. The molecule has 0 radical (unpaired) electrons. The molecule has 1 aromatic heterocycles. The van der Waals surface area contributed by atoms with Crippen molar-refractivity contribution in [3.8, 4) is 0 Å². The van der Waals surface area contributed by atoms with Crippen molar-refractivity contribution in [3.63, 3.8) is 0 Å². The van der Waals surface area contributed by atoms with Crippen molar-refractivity contribution in [2.45, 2.75) is 19.8 Å². The Morgan fingerprint density at radius 2 is 2.21 bits per heavy atom. The zero-order valence-electron chi connectivity index (χ0n) is 8.53. The first-order valence-corrected chi connectivity index (χ1v) is 5.22. The molecule has 0 aliphatic carbocycles. The number of hydrogen-bond donors (Lipinski definition) is 1. The van der Waals surface area contributed by atoms with Crippen molar-refractivity contribution >= 4 is 11.8 Å². The van der Waals surface area contributed by atoms with Gasteiger partial charge in [0.1, 0.15) is 5.82 Å². The molecule has 4 nitrogen and oxygen atoms in total. The van der Waals surface area contributed by atoms with E-state index in [1.165, 1.54) is 12.8 Å². The Bertz CT molecular complexity index is 294. The second-order valence-electron chi connectivity index (χ2n) is 3.47. The standard InChI is InChI=1S/C10H16N4/c1-2-11-9-5-6-12-10(13-9)14-7-3-4-8-14/h5-6H,2-4,7-8H2,1H3,(H,11,12,13). The molecular weight excluding hydrogens is 176 g/mol. The predicted octanol–water partition coefficient (Wildman–Crippen LogP) is 1.51. The lowest BCUT2D eigenvalue weighted by atomic mass is 10.4. The second-order valence-corrected chi connectivity index (χ2v) is 3.47. The van der Waals surface area contributed by atoms with Gasteiger partial charge in [0.15, 0.2) is 0 Å². The fourth-order valence-electron chi connectivity index (χ4n) is 1.70. The van der Waals surface area contributed by atoms with Gasteiger partial charge in [-0.3, -0.25) is 0 Å². The normalized spacial score (nSPS) is 15.9. The predicted molar refractivity (Wildman–Crippen MR) is 57.6 cm³/mol. The van der Waals surface area contributed by atoms with E-state index < -0.39 is 0 Å². The second kappa shape index (κ2) is 4.26. The summed E-state index contributed by atoms with van der Waals surface area (Å²) in [5.41, 5.74) is 0. The Balaban J connectivity index is 2.12. The monoisotopic (exact) mass is 192 g/mol. The lowest BCUT2D eigenvalue weighted by molar-refractivity contribution is 0.897. The number of nitrogens with one attached hydrogen (secondary N) is 1. The van der Waals surface area contributed by atoms with Gasteiger partial charge in [0, 0.05) is 25.8 Å². The van der Waals surface area contributed by atoms with Gasteiger partial charge >= 0.3 is 0 Å². The average molecular weight is 192 g/mol. The number of hydrogen-bond acceptors (Lipinski definition) is 4. The summed E-state index contributed by atoms with van der Waals surface area (Å²) in [6, 6.07) is 1.91. The van der Waals surface area contributed by atoms with Crippen LogP contribution in [0, 0.1) is 0 Å². The van der Waals surface area contributed by atoms with Crippen molar-refractivity contribution in [2.75, 3.05) is 29.9 Å². The number of aromatic nitrogens is 2. The van der Waals surface area contributed by atoms with Gasteiger partial charge < -0.3 is 10.2 Å². The van der Waals surface area contributed by atoms with Crippen LogP contribution in [0.3, 0.4) is 0 Å². The largest absolute Gasteiger partial charge is 0.370 e. The Morgan fingerprint density at radius 3 is 2.93 bits per heavy atom. The lowest BCUT2D eigenvalue weighted by Gasteiger charge is -2.15. The highest BCUT2D eigenvalue weighted by Crippen LogP contribution is 2.16. The smallest absolute Gasteiger partial charge is 0.227 e. The maximum Gasteiger partial charge on any atom is 0.227 e.